The lowest BCUT2D eigenvalue weighted by Crippen LogP contribution is -2.62. The molecule has 2 heterocycles. The van der Waals surface area contributed by atoms with E-state index in [2.05, 4.69) is 19.9 Å². The zero-order chi connectivity index (χ0) is 21.9. The van der Waals surface area contributed by atoms with Crippen molar-refractivity contribution in [3.05, 3.63) is 35.4 Å². The zero-order valence-corrected chi connectivity index (χ0v) is 16.6. The van der Waals surface area contributed by atoms with E-state index in [4.69, 9.17) is 17.3 Å². The molecule has 0 atom stereocenters. The first kappa shape index (κ1) is 20.8. The van der Waals surface area contributed by atoms with Gasteiger partial charge in [0.1, 0.15) is 5.52 Å². The first-order valence-electron chi connectivity index (χ1n) is 8.62. The Morgan fingerprint density at radius 3 is 2.60 bits per heavy atom. The standard InChI is InChI=1S/C17H15ClF3N5O3S/c18-11-5-9(30(28,29)26-8-6-16(27,7-8)17(19,20)21)1-2-10(11)12-3-4-13-14(23-12)15(22)25-24-13/h1-5,8,26-27H,6-7H2,(H3,22,24,25). The summed E-state index contributed by atoms with van der Waals surface area (Å²) < 4.78 is 65.3. The Balaban J connectivity index is 1.56. The van der Waals surface area contributed by atoms with Crippen molar-refractivity contribution in [1.82, 2.24) is 19.9 Å². The molecule has 4 rings (SSSR count). The molecule has 1 saturated carbocycles. The number of anilines is 1. The number of hydrogen-bond donors (Lipinski definition) is 4. The van der Waals surface area contributed by atoms with Crippen molar-refractivity contribution < 1.29 is 26.7 Å². The number of halogens is 4. The van der Waals surface area contributed by atoms with Crippen LogP contribution in [0.3, 0.4) is 0 Å². The van der Waals surface area contributed by atoms with Crippen molar-refractivity contribution in [3.8, 4) is 11.3 Å². The summed E-state index contributed by atoms with van der Waals surface area (Å²) >= 11 is 6.25. The van der Waals surface area contributed by atoms with Gasteiger partial charge in [-0.15, -0.1) is 0 Å². The maximum atomic E-state index is 12.7. The second kappa shape index (κ2) is 6.80. The number of nitrogens with one attached hydrogen (secondary N) is 2. The SMILES string of the molecule is Nc1n[nH]c2ccc(-c3ccc(S(=O)(=O)NC4CC(O)(C(F)(F)F)C4)cc3Cl)nc12. The van der Waals surface area contributed by atoms with Crippen LogP contribution >= 0.6 is 11.6 Å². The predicted molar refractivity (Wildman–Crippen MR) is 103 cm³/mol. The summed E-state index contributed by atoms with van der Waals surface area (Å²) in [5.41, 5.74) is 4.80. The molecule has 0 bridgehead atoms. The number of pyridine rings is 1. The molecule has 1 aliphatic rings. The van der Waals surface area contributed by atoms with Crippen LogP contribution in [0.1, 0.15) is 12.8 Å². The van der Waals surface area contributed by atoms with Gasteiger partial charge in [-0.1, -0.05) is 11.6 Å². The van der Waals surface area contributed by atoms with E-state index in [1.165, 1.54) is 18.2 Å². The van der Waals surface area contributed by atoms with Gasteiger partial charge >= 0.3 is 6.18 Å². The molecule has 30 heavy (non-hydrogen) atoms. The number of hydrogen-bond acceptors (Lipinski definition) is 6. The summed E-state index contributed by atoms with van der Waals surface area (Å²) in [7, 11) is -4.14. The van der Waals surface area contributed by atoms with Crippen LogP contribution in [0.5, 0.6) is 0 Å². The van der Waals surface area contributed by atoms with Crippen LogP contribution in [0, 0.1) is 0 Å². The maximum Gasteiger partial charge on any atom is 0.417 e. The summed E-state index contributed by atoms with van der Waals surface area (Å²) in [6, 6.07) is 6.20. The van der Waals surface area contributed by atoms with Gasteiger partial charge in [0, 0.05) is 24.4 Å². The van der Waals surface area contributed by atoms with Gasteiger partial charge < -0.3 is 10.8 Å². The molecule has 5 N–H and O–H groups in total. The number of nitrogens with zero attached hydrogens (tertiary/aromatic N) is 2. The summed E-state index contributed by atoms with van der Waals surface area (Å²) in [6.07, 6.45) is -6.32. The number of aromatic amines is 1. The first-order chi connectivity index (χ1) is 13.9. The minimum atomic E-state index is -4.81. The predicted octanol–water partition coefficient (Wildman–Crippen LogP) is 2.59. The molecule has 160 valence electrons. The minimum Gasteiger partial charge on any atom is -0.380 e. The number of alkyl halides is 3. The molecule has 0 aliphatic heterocycles. The van der Waals surface area contributed by atoms with E-state index in [0.717, 1.165) is 0 Å². The molecule has 3 aromatic rings. The van der Waals surface area contributed by atoms with Gasteiger partial charge in [-0.25, -0.2) is 18.1 Å². The zero-order valence-electron chi connectivity index (χ0n) is 15.0. The van der Waals surface area contributed by atoms with E-state index in [-0.39, 0.29) is 15.7 Å². The van der Waals surface area contributed by atoms with Crippen LogP contribution in [0.15, 0.2) is 35.2 Å². The summed E-state index contributed by atoms with van der Waals surface area (Å²) in [4.78, 5) is 4.15. The molecule has 8 nitrogen and oxygen atoms in total. The molecule has 0 unspecified atom stereocenters. The highest BCUT2D eigenvalue weighted by molar-refractivity contribution is 7.89. The largest absolute Gasteiger partial charge is 0.417 e. The third-order valence-electron chi connectivity index (χ3n) is 4.98. The van der Waals surface area contributed by atoms with Crippen molar-refractivity contribution in [1.29, 1.82) is 0 Å². The second-order valence-corrected chi connectivity index (χ2v) is 9.22. The van der Waals surface area contributed by atoms with E-state index in [0.29, 0.717) is 22.3 Å². The van der Waals surface area contributed by atoms with Gasteiger partial charge in [0.05, 0.1) is 21.1 Å². The molecule has 0 saturated heterocycles. The van der Waals surface area contributed by atoms with Crippen LogP contribution in [-0.2, 0) is 10.0 Å². The third kappa shape index (κ3) is 3.49. The Kier molecular flexibility index (Phi) is 4.73. The van der Waals surface area contributed by atoms with E-state index in [1.807, 2.05) is 0 Å². The molecule has 13 heteroatoms. The Labute approximate surface area is 173 Å². The minimum absolute atomic E-state index is 0.0761. The van der Waals surface area contributed by atoms with Crippen LogP contribution in [-0.4, -0.2) is 46.5 Å². The maximum absolute atomic E-state index is 12.7. The molecule has 1 aromatic carbocycles. The smallest absolute Gasteiger partial charge is 0.380 e. The molecule has 1 aliphatic carbocycles. The van der Waals surface area contributed by atoms with E-state index >= 15 is 0 Å². The van der Waals surface area contributed by atoms with E-state index < -0.39 is 40.7 Å². The molecule has 1 fully saturated rings. The highest BCUT2D eigenvalue weighted by Crippen LogP contribution is 2.45. The van der Waals surface area contributed by atoms with Crippen LogP contribution < -0.4 is 10.5 Å². The van der Waals surface area contributed by atoms with E-state index in [1.54, 1.807) is 12.1 Å². The topological polar surface area (TPSA) is 134 Å². The van der Waals surface area contributed by atoms with Crippen molar-refractivity contribution in [2.24, 2.45) is 0 Å². The second-order valence-electron chi connectivity index (χ2n) is 7.10. The van der Waals surface area contributed by atoms with Crippen molar-refractivity contribution in [2.45, 2.75) is 35.6 Å². The lowest BCUT2D eigenvalue weighted by Gasteiger charge is -2.44. The first-order valence-corrected chi connectivity index (χ1v) is 10.5. The Morgan fingerprint density at radius 1 is 1.27 bits per heavy atom. The Morgan fingerprint density at radius 2 is 1.97 bits per heavy atom. The van der Waals surface area contributed by atoms with Gasteiger partial charge in [0.25, 0.3) is 0 Å². The van der Waals surface area contributed by atoms with Crippen molar-refractivity contribution >= 4 is 38.5 Å². The van der Waals surface area contributed by atoms with Crippen LogP contribution in [0.25, 0.3) is 22.3 Å². The van der Waals surface area contributed by atoms with Gasteiger partial charge in [0.15, 0.2) is 11.4 Å². The van der Waals surface area contributed by atoms with Gasteiger partial charge in [-0.05, 0) is 30.3 Å². The van der Waals surface area contributed by atoms with Gasteiger partial charge in [-0.3, -0.25) is 5.10 Å². The fourth-order valence-corrected chi connectivity index (χ4v) is 4.90. The van der Waals surface area contributed by atoms with Gasteiger partial charge in [0.2, 0.25) is 10.0 Å². The molecule has 2 aromatic heterocycles. The lowest BCUT2D eigenvalue weighted by atomic mass is 9.76. The number of rotatable bonds is 4. The summed E-state index contributed by atoms with van der Waals surface area (Å²) in [5.74, 6) is 0.200. The molecule has 0 spiro atoms. The number of benzene rings is 1. The molecule has 0 amide bonds. The number of sulfonamides is 1. The number of H-pyrrole nitrogens is 1. The molecule has 0 radical (unpaired) electrons. The van der Waals surface area contributed by atoms with Crippen LogP contribution in [0.4, 0.5) is 19.0 Å². The van der Waals surface area contributed by atoms with Gasteiger partial charge in [-0.2, -0.15) is 18.3 Å². The van der Waals surface area contributed by atoms with Crippen molar-refractivity contribution in [3.63, 3.8) is 0 Å². The normalized spacial score (nSPS) is 22.2. The van der Waals surface area contributed by atoms with Crippen molar-refractivity contribution in [2.75, 3.05) is 5.73 Å². The fourth-order valence-electron chi connectivity index (χ4n) is 3.30. The average Bonchev–Trinajstić information content (AvgIpc) is 2.99. The molecular weight excluding hydrogens is 447 g/mol. The van der Waals surface area contributed by atoms with E-state index in [9.17, 15) is 26.7 Å². The number of aliphatic hydroxyl groups is 1. The van der Waals surface area contributed by atoms with Crippen LogP contribution in [0.2, 0.25) is 5.02 Å². The number of nitrogens with two attached hydrogens (primary N) is 1. The Bertz CT molecular complexity index is 1240. The number of fused-ring (bicyclic) bond motifs is 1. The number of aromatic nitrogens is 3. The lowest BCUT2D eigenvalue weighted by molar-refractivity contribution is -0.290. The summed E-state index contributed by atoms with van der Waals surface area (Å²) in [5, 5.41) is 16.1. The monoisotopic (exact) mass is 461 g/mol. The highest BCUT2D eigenvalue weighted by Gasteiger charge is 2.61. The summed E-state index contributed by atoms with van der Waals surface area (Å²) in [6.45, 7) is 0. The number of nitrogen functional groups attached to an aromatic ring is 1. The quantitative estimate of drug-likeness (QED) is 0.472. The fraction of sp³-hybridized carbons (Fsp3) is 0.294. The highest BCUT2D eigenvalue weighted by atomic mass is 35.5. The Hall–Kier alpha value is -2.41. The third-order valence-corrected chi connectivity index (χ3v) is 6.81. The molecular formula is C17H15ClF3N5O3S. The average molecular weight is 462 g/mol.